The molecule has 15 heavy (non-hydrogen) atoms. The molecular weight excluding hydrogens is 208 g/mol. The summed E-state index contributed by atoms with van der Waals surface area (Å²) in [7, 11) is 2.18. The summed E-state index contributed by atoms with van der Waals surface area (Å²) in [5.74, 6) is 0.612. The first kappa shape index (κ1) is 11.0. The molecule has 0 saturated carbocycles. The molecule has 1 fully saturated rings. The van der Waals surface area contributed by atoms with Gasteiger partial charge in [0.25, 0.3) is 0 Å². The Balaban J connectivity index is 2.01. The number of nitrogens with zero attached hydrogens (tertiary/aromatic N) is 2. The standard InChI is InChI=1S/C11H18N2OS/c1-13-5-2-3-9(7-13)11-12-10(4-6-14)8-15-11/h8-9,14H,2-7H2,1H3. The van der Waals surface area contributed by atoms with Crippen molar-refractivity contribution in [1.29, 1.82) is 0 Å². The van der Waals surface area contributed by atoms with Gasteiger partial charge in [0, 0.05) is 30.9 Å². The fourth-order valence-electron chi connectivity index (χ4n) is 2.11. The molecule has 0 amide bonds. The van der Waals surface area contributed by atoms with Gasteiger partial charge in [-0.2, -0.15) is 0 Å². The van der Waals surface area contributed by atoms with Crippen molar-refractivity contribution in [2.24, 2.45) is 0 Å². The molecule has 1 aliphatic heterocycles. The van der Waals surface area contributed by atoms with E-state index in [1.54, 1.807) is 11.3 Å². The first-order valence-electron chi connectivity index (χ1n) is 5.53. The molecule has 1 N–H and O–H groups in total. The number of piperidine rings is 1. The number of hydrogen-bond donors (Lipinski definition) is 1. The van der Waals surface area contributed by atoms with Crippen LogP contribution in [-0.2, 0) is 6.42 Å². The van der Waals surface area contributed by atoms with Gasteiger partial charge in [-0.25, -0.2) is 4.98 Å². The predicted octanol–water partition coefficient (Wildman–Crippen LogP) is 1.49. The van der Waals surface area contributed by atoms with E-state index in [1.165, 1.54) is 24.4 Å². The molecule has 1 saturated heterocycles. The molecule has 1 atom stereocenters. The van der Waals surface area contributed by atoms with Gasteiger partial charge >= 0.3 is 0 Å². The highest BCUT2D eigenvalue weighted by Gasteiger charge is 2.21. The maximum absolute atomic E-state index is 8.84. The molecule has 4 heteroatoms. The van der Waals surface area contributed by atoms with E-state index in [-0.39, 0.29) is 6.61 Å². The third kappa shape index (κ3) is 2.77. The van der Waals surface area contributed by atoms with Gasteiger partial charge in [0.05, 0.1) is 10.7 Å². The minimum absolute atomic E-state index is 0.202. The summed E-state index contributed by atoms with van der Waals surface area (Å²) in [6.07, 6.45) is 3.23. The highest BCUT2D eigenvalue weighted by molar-refractivity contribution is 7.09. The lowest BCUT2D eigenvalue weighted by Crippen LogP contribution is -2.30. The van der Waals surface area contributed by atoms with Crippen LogP contribution in [0.2, 0.25) is 0 Å². The molecule has 2 heterocycles. The third-order valence-electron chi connectivity index (χ3n) is 2.91. The third-order valence-corrected chi connectivity index (χ3v) is 3.97. The van der Waals surface area contributed by atoms with E-state index in [4.69, 9.17) is 5.11 Å². The average molecular weight is 226 g/mol. The Morgan fingerprint density at radius 1 is 1.67 bits per heavy atom. The van der Waals surface area contributed by atoms with Crippen LogP contribution >= 0.6 is 11.3 Å². The van der Waals surface area contributed by atoms with Crippen LogP contribution in [0, 0.1) is 0 Å². The van der Waals surface area contributed by atoms with Gasteiger partial charge in [-0.3, -0.25) is 0 Å². The number of aliphatic hydroxyl groups is 1. The summed E-state index contributed by atoms with van der Waals surface area (Å²) in [6, 6.07) is 0. The Morgan fingerprint density at radius 3 is 3.27 bits per heavy atom. The minimum Gasteiger partial charge on any atom is -0.396 e. The zero-order valence-corrected chi connectivity index (χ0v) is 9.96. The minimum atomic E-state index is 0.202. The Kier molecular flexibility index (Phi) is 3.72. The molecule has 1 aliphatic rings. The van der Waals surface area contributed by atoms with Crippen molar-refractivity contribution in [3.05, 3.63) is 16.1 Å². The zero-order chi connectivity index (χ0) is 10.7. The number of aliphatic hydroxyl groups excluding tert-OH is 1. The van der Waals surface area contributed by atoms with Crippen molar-refractivity contribution >= 4 is 11.3 Å². The maximum atomic E-state index is 8.84. The van der Waals surface area contributed by atoms with E-state index in [0.717, 1.165) is 12.2 Å². The van der Waals surface area contributed by atoms with Gasteiger partial charge in [0.2, 0.25) is 0 Å². The molecule has 84 valence electrons. The number of hydrogen-bond acceptors (Lipinski definition) is 4. The van der Waals surface area contributed by atoms with E-state index < -0.39 is 0 Å². The SMILES string of the molecule is CN1CCCC(c2nc(CCO)cs2)C1. The molecule has 0 spiro atoms. The summed E-state index contributed by atoms with van der Waals surface area (Å²) < 4.78 is 0. The van der Waals surface area contributed by atoms with Crippen LogP contribution in [0.3, 0.4) is 0 Å². The molecule has 1 unspecified atom stereocenters. The quantitative estimate of drug-likeness (QED) is 0.848. The number of aromatic nitrogens is 1. The van der Waals surface area contributed by atoms with E-state index >= 15 is 0 Å². The lowest BCUT2D eigenvalue weighted by atomic mass is 9.99. The Bertz CT molecular complexity index is 313. The highest BCUT2D eigenvalue weighted by atomic mass is 32.1. The van der Waals surface area contributed by atoms with Crippen LogP contribution in [-0.4, -0.2) is 41.7 Å². The van der Waals surface area contributed by atoms with Gasteiger partial charge in [-0.05, 0) is 26.4 Å². The van der Waals surface area contributed by atoms with E-state index in [0.29, 0.717) is 12.3 Å². The molecule has 0 aromatic carbocycles. The van der Waals surface area contributed by atoms with Crippen LogP contribution in [0.1, 0.15) is 29.5 Å². The molecular formula is C11H18N2OS. The highest BCUT2D eigenvalue weighted by Crippen LogP contribution is 2.28. The zero-order valence-electron chi connectivity index (χ0n) is 9.15. The first-order chi connectivity index (χ1) is 7.29. The van der Waals surface area contributed by atoms with Crippen molar-refractivity contribution in [2.45, 2.75) is 25.2 Å². The second kappa shape index (κ2) is 5.05. The fraction of sp³-hybridized carbons (Fsp3) is 0.727. The first-order valence-corrected chi connectivity index (χ1v) is 6.41. The molecule has 0 radical (unpaired) electrons. The topological polar surface area (TPSA) is 36.4 Å². The second-order valence-corrected chi connectivity index (χ2v) is 5.14. The normalized spacial score (nSPS) is 23.2. The Labute approximate surface area is 94.8 Å². The van der Waals surface area contributed by atoms with Crippen LogP contribution in [0.5, 0.6) is 0 Å². The van der Waals surface area contributed by atoms with Crippen LogP contribution in [0.4, 0.5) is 0 Å². The number of thiazole rings is 1. The summed E-state index contributed by atoms with van der Waals surface area (Å²) in [4.78, 5) is 6.97. The number of rotatable bonds is 3. The van der Waals surface area contributed by atoms with Crippen molar-refractivity contribution in [1.82, 2.24) is 9.88 Å². The van der Waals surface area contributed by atoms with Gasteiger partial charge in [0.1, 0.15) is 0 Å². The predicted molar refractivity (Wildman–Crippen MR) is 62.4 cm³/mol. The lowest BCUT2D eigenvalue weighted by molar-refractivity contribution is 0.250. The van der Waals surface area contributed by atoms with Gasteiger partial charge in [-0.1, -0.05) is 0 Å². The van der Waals surface area contributed by atoms with Crippen molar-refractivity contribution in [3.8, 4) is 0 Å². The number of likely N-dealkylation sites (N-methyl/N-ethyl adjacent to an activating group) is 1. The maximum Gasteiger partial charge on any atom is 0.0972 e. The number of likely N-dealkylation sites (tertiary alicyclic amines) is 1. The molecule has 1 aromatic heterocycles. The van der Waals surface area contributed by atoms with E-state index in [2.05, 4.69) is 22.3 Å². The van der Waals surface area contributed by atoms with Gasteiger partial charge in [-0.15, -0.1) is 11.3 Å². The van der Waals surface area contributed by atoms with Gasteiger partial charge in [0.15, 0.2) is 0 Å². The van der Waals surface area contributed by atoms with E-state index in [1.807, 2.05) is 0 Å². The Morgan fingerprint density at radius 2 is 2.53 bits per heavy atom. The second-order valence-electron chi connectivity index (χ2n) is 4.25. The molecule has 0 bridgehead atoms. The summed E-state index contributed by atoms with van der Waals surface area (Å²) in [6.45, 7) is 2.55. The Hall–Kier alpha value is -0.450. The summed E-state index contributed by atoms with van der Waals surface area (Å²) in [5.41, 5.74) is 1.05. The molecule has 0 aliphatic carbocycles. The van der Waals surface area contributed by atoms with Crippen LogP contribution in [0.15, 0.2) is 5.38 Å². The largest absolute Gasteiger partial charge is 0.396 e. The fourth-order valence-corrected chi connectivity index (χ4v) is 3.09. The van der Waals surface area contributed by atoms with E-state index in [9.17, 15) is 0 Å². The smallest absolute Gasteiger partial charge is 0.0972 e. The molecule has 2 rings (SSSR count). The van der Waals surface area contributed by atoms with Crippen LogP contribution < -0.4 is 0 Å². The molecule has 3 nitrogen and oxygen atoms in total. The van der Waals surface area contributed by atoms with Gasteiger partial charge < -0.3 is 10.0 Å². The van der Waals surface area contributed by atoms with Crippen molar-refractivity contribution in [3.63, 3.8) is 0 Å². The van der Waals surface area contributed by atoms with Crippen molar-refractivity contribution < 1.29 is 5.11 Å². The lowest BCUT2D eigenvalue weighted by Gasteiger charge is -2.28. The van der Waals surface area contributed by atoms with Crippen LogP contribution in [0.25, 0.3) is 0 Å². The average Bonchev–Trinajstić information content (AvgIpc) is 2.67. The summed E-state index contributed by atoms with van der Waals surface area (Å²) >= 11 is 1.75. The molecule has 1 aromatic rings. The monoisotopic (exact) mass is 226 g/mol. The van der Waals surface area contributed by atoms with Crippen molar-refractivity contribution in [2.75, 3.05) is 26.7 Å². The summed E-state index contributed by atoms with van der Waals surface area (Å²) in [5, 5.41) is 12.2.